The average Bonchev–Trinajstić information content (AvgIpc) is 2.98. The summed E-state index contributed by atoms with van der Waals surface area (Å²) in [5, 5.41) is 7.82. The minimum atomic E-state index is 0.0788. The standard InChI is InChI=1S/C17H29N5OS/c1-5-18-17(20-11-15-19-10-13(4)24-15)21-14-6-8-22(9-7-14)16(23)12(2)3/h10,12,14H,5-9,11H2,1-4H3,(H2,18,20,21). The molecule has 1 aliphatic rings. The van der Waals surface area contributed by atoms with E-state index in [-0.39, 0.29) is 11.8 Å². The topological polar surface area (TPSA) is 69.6 Å². The van der Waals surface area contributed by atoms with E-state index >= 15 is 0 Å². The molecule has 24 heavy (non-hydrogen) atoms. The van der Waals surface area contributed by atoms with Crippen molar-refractivity contribution in [2.45, 2.75) is 53.1 Å². The summed E-state index contributed by atoms with van der Waals surface area (Å²) >= 11 is 1.68. The monoisotopic (exact) mass is 351 g/mol. The van der Waals surface area contributed by atoms with E-state index in [0.29, 0.717) is 12.6 Å². The Morgan fingerprint density at radius 3 is 2.71 bits per heavy atom. The second-order valence-electron chi connectivity index (χ2n) is 6.46. The predicted octanol–water partition coefficient (Wildman–Crippen LogP) is 2.15. The number of nitrogens with zero attached hydrogens (tertiary/aromatic N) is 3. The maximum absolute atomic E-state index is 12.1. The lowest BCUT2D eigenvalue weighted by molar-refractivity contribution is -0.135. The van der Waals surface area contributed by atoms with Crippen molar-refractivity contribution < 1.29 is 4.79 Å². The first-order valence-corrected chi connectivity index (χ1v) is 9.56. The van der Waals surface area contributed by atoms with Gasteiger partial charge in [0.05, 0.1) is 6.54 Å². The van der Waals surface area contributed by atoms with Crippen LogP contribution < -0.4 is 10.6 Å². The molecule has 0 unspecified atom stereocenters. The first-order valence-electron chi connectivity index (χ1n) is 8.74. The number of amides is 1. The Hall–Kier alpha value is -1.63. The van der Waals surface area contributed by atoms with Crippen molar-refractivity contribution >= 4 is 23.2 Å². The number of guanidine groups is 1. The van der Waals surface area contributed by atoms with E-state index in [2.05, 4.69) is 34.5 Å². The molecule has 2 rings (SSSR count). The van der Waals surface area contributed by atoms with Gasteiger partial charge in [0, 0.05) is 42.7 Å². The van der Waals surface area contributed by atoms with E-state index in [4.69, 9.17) is 0 Å². The van der Waals surface area contributed by atoms with Crippen molar-refractivity contribution in [3.63, 3.8) is 0 Å². The minimum absolute atomic E-state index is 0.0788. The molecule has 6 nitrogen and oxygen atoms in total. The van der Waals surface area contributed by atoms with Crippen LogP contribution in [0.3, 0.4) is 0 Å². The van der Waals surface area contributed by atoms with E-state index in [1.165, 1.54) is 4.88 Å². The van der Waals surface area contributed by atoms with Crippen LogP contribution in [0, 0.1) is 12.8 Å². The number of nitrogens with one attached hydrogen (secondary N) is 2. The van der Waals surface area contributed by atoms with Crippen LogP contribution in [-0.2, 0) is 11.3 Å². The van der Waals surface area contributed by atoms with Crippen molar-refractivity contribution in [1.29, 1.82) is 0 Å². The normalized spacial score (nSPS) is 16.5. The molecule has 1 aromatic rings. The number of hydrogen-bond acceptors (Lipinski definition) is 4. The average molecular weight is 352 g/mol. The summed E-state index contributed by atoms with van der Waals surface area (Å²) in [6.45, 7) is 11.1. The maximum atomic E-state index is 12.1. The van der Waals surface area contributed by atoms with Gasteiger partial charge in [-0.1, -0.05) is 13.8 Å². The molecule has 0 aliphatic carbocycles. The van der Waals surface area contributed by atoms with Gasteiger partial charge in [0.15, 0.2) is 5.96 Å². The smallest absolute Gasteiger partial charge is 0.225 e. The summed E-state index contributed by atoms with van der Waals surface area (Å²) in [6.07, 6.45) is 3.80. The molecule has 7 heteroatoms. The Labute approximate surface area is 148 Å². The SMILES string of the molecule is CCNC(=NCc1ncc(C)s1)NC1CCN(C(=O)C(C)C)CC1. The van der Waals surface area contributed by atoms with E-state index in [9.17, 15) is 4.79 Å². The Morgan fingerprint density at radius 1 is 1.46 bits per heavy atom. The van der Waals surface area contributed by atoms with E-state index < -0.39 is 0 Å². The van der Waals surface area contributed by atoms with Crippen LogP contribution in [0.25, 0.3) is 0 Å². The van der Waals surface area contributed by atoms with Crippen molar-refractivity contribution in [3.05, 3.63) is 16.1 Å². The van der Waals surface area contributed by atoms with Crippen molar-refractivity contribution in [2.75, 3.05) is 19.6 Å². The van der Waals surface area contributed by atoms with Gasteiger partial charge in [0.2, 0.25) is 5.91 Å². The number of aliphatic imine (C=N–C) groups is 1. The van der Waals surface area contributed by atoms with Crippen LogP contribution in [0.5, 0.6) is 0 Å². The number of carbonyl (C=O) groups is 1. The minimum Gasteiger partial charge on any atom is -0.357 e. The molecule has 1 aromatic heterocycles. The second-order valence-corrected chi connectivity index (χ2v) is 7.78. The molecule has 2 N–H and O–H groups in total. The van der Waals surface area contributed by atoms with Crippen LogP contribution in [0.2, 0.25) is 0 Å². The molecule has 1 aliphatic heterocycles. The number of rotatable bonds is 5. The first kappa shape index (κ1) is 18.7. The highest BCUT2D eigenvalue weighted by atomic mass is 32.1. The maximum Gasteiger partial charge on any atom is 0.225 e. The highest BCUT2D eigenvalue weighted by molar-refractivity contribution is 7.11. The zero-order chi connectivity index (χ0) is 17.5. The number of hydrogen-bond donors (Lipinski definition) is 2. The van der Waals surface area contributed by atoms with Gasteiger partial charge in [-0.25, -0.2) is 9.98 Å². The lowest BCUT2D eigenvalue weighted by atomic mass is 10.0. The highest BCUT2D eigenvalue weighted by Crippen LogP contribution is 2.14. The Balaban J connectivity index is 1.86. The van der Waals surface area contributed by atoms with Crippen LogP contribution in [0.15, 0.2) is 11.2 Å². The third-order valence-electron chi connectivity index (χ3n) is 4.03. The molecule has 0 spiro atoms. The molecule has 1 amide bonds. The zero-order valence-electron chi connectivity index (χ0n) is 15.1. The van der Waals surface area contributed by atoms with Gasteiger partial charge in [0.1, 0.15) is 5.01 Å². The van der Waals surface area contributed by atoms with Gasteiger partial charge in [0.25, 0.3) is 0 Å². The lowest BCUT2D eigenvalue weighted by Crippen LogP contribution is -2.50. The Bertz CT molecular complexity index is 561. The molecule has 134 valence electrons. The third kappa shape index (κ3) is 5.47. The number of carbonyl (C=O) groups excluding carboxylic acids is 1. The van der Waals surface area contributed by atoms with Gasteiger partial charge in [-0.2, -0.15) is 0 Å². The number of aryl methyl sites for hydroxylation is 1. The van der Waals surface area contributed by atoms with Crippen LogP contribution in [0.4, 0.5) is 0 Å². The van der Waals surface area contributed by atoms with Crippen LogP contribution in [-0.4, -0.2) is 47.4 Å². The largest absolute Gasteiger partial charge is 0.357 e. The Kier molecular flexibility index (Phi) is 7.02. The number of thiazole rings is 1. The molecule has 1 saturated heterocycles. The summed E-state index contributed by atoms with van der Waals surface area (Å²) in [6, 6.07) is 0.358. The van der Waals surface area contributed by atoms with Crippen LogP contribution >= 0.6 is 11.3 Å². The van der Waals surface area contributed by atoms with E-state index in [1.54, 1.807) is 11.3 Å². The van der Waals surface area contributed by atoms with Crippen molar-refractivity contribution in [3.8, 4) is 0 Å². The molecule has 0 atom stereocenters. The van der Waals surface area contributed by atoms with Gasteiger partial charge in [-0.3, -0.25) is 4.79 Å². The molecule has 0 radical (unpaired) electrons. The van der Waals surface area contributed by atoms with Crippen molar-refractivity contribution in [2.24, 2.45) is 10.9 Å². The molecule has 2 heterocycles. The summed E-state index contributed by atoms with van der Waals surface area (Å²) in [5.41, 5.74) is 0. The zero-order valence-corrected chi connectivity index (χ0v) is 15.9. The Morgan fingerprint density at radius 2 is 2.17 bits per heavy atom. The lowest BCUT2D eigenvalue weighted by Gasteiger charge is -2.34. The fourth-order valence-corrected chi connectivity index (χ4v) is 3.46. The van der Waals surface area contributed by atoms with Crippen LogP contribution in [0.1, 0.15) is 43.5 Å². The van der Waals surface area contributed by atoms with Gasteiger partial charge in [-0.15, -0.1) is 11.3 Å². The van der Waals surface area contributed by atoms with E-state index in [1.807, 2.05) is 24.9 Å². The van der Waals surface area contributed by atoms with Gasteiger partial charge in [-0.05, 0) is 26.7 Å². The number of piperidine rings is 1. The third-order valence-corrected chi connectivity index (χ3v) is 4.92. The second kappa shape index (κ2) is 9.01. The number of likely N-dealkylation sites (tertiary alicyclic amines) is 1. The summed E-state index contributed by atoms with van der Waals surface area (Å²) < 4.78 is 0. The summed E-state index contributed by atoms with van der Waals surface area (Å²) in [4.78, 5) is 24.2. The quantitative estimate of drug-likeness (QED) is 0.630. The molecular weight excluding hydrogens is 322 g/mol. The van der Waals surface area contributed by atoms with Gasteiger partial charge < -0.3 is 15.5 Å². The van der Waals surface area contributed by atoms with Crippen molar-refractivity contribution in [1.82, 2.24) is 20.5 Å². The molecule has 0 aromatic carbocycles. The first-order chi connectivity index (χ1) is 11.5. The summed E-state index contributed by atoms with van der Waals surface area (Å²) in [5.74, 6) is 1.17. The fourth-order valence-electron chi connectivity index (χ4n) is 2.74. The molecule has 0 saturated carbocycles. The molecule has 1 fully saturated rings. The molecular formula is C17H29N5OS. The molecule has 0 bridgehead atoms. The van der Waals surface area contributed by atoms with E-state index in [0.717, 1.165) is 43.4 Å². The predicted molar refractivity (Wildman–Crippen MR) is 99.2 cm³/mol. The highest BCUT2D eigenvalue weighted by Gasteiger charge is 2.24. The fraction of sp³-hybridized carbons (Fsp3) is 0.706. The number of aromatic nitrogens is 1. The summed E-state index contributed by atoms with van der Waals surface area (Å²) in [7, 11) is 0. The van der Waals surface area contributed by atoms with Gasteiger partial charge >= 0.3 is 0 Å².